The van der Waals surface area contributed by atoms with Crippen LogP contribution in [0.5, 0.6) is 0 Å². The summed E-state index contributed by atoms with van der Waals surface area (Å²) >= 11 is 0. The zero-order chi connectivity index (χ0) is 19.7. The molecule has 2 aromatic carbocycles. The lowest BCUT2D eigenvalue weighted by atomic mass is 10.00. The van der Waals surface area contributed by atoms with Crippen LogP contribution in [0.2, 0.25) is 0 Å². The van der Waals surface area contributed by atoms with Crippen molar-refractivity contribution < 1.29 is 8.42 Å². The molecule has 0 unspecified atom stereocenters. The van der Waals surface area contributed by atoms with Crippen molar-refractivity contribution in [1.29, 1.82) is 0 Å². The number of aryl methyl sites for hydroxylation is 2. The van der Waals surface area contributed by atoms with Gasteiger partial charge in [0, 0.05) is 13.1 Å². The van der Waals surface area contributed by atoms with E-state index in [0.717, 1.165) is 30.9 Å². The highest BCUT2D eigenvalue weighted by Crippen LogP contribution is 2.24. The van der Waals surface area contributed by atoms with E-state index in [1.165, 1.54) is 11.1 Å². The molecule has 1 N–H and O–H groups in total. The Kier molecular flexibility index (Phi) is 4.77. The van der Waals surface area contributed by atoms with E-state index in [4.69, 9.17) is 0 Å². The molecule has 1 aliphatic heterocycles. The van der Waals surface area contributed by atoms with Crippen molar-refractivity contribution in [2.45, 2.75) is 31.7 Å². The number of fused-ring (bicyclic) bond motifs is 1. The Morgan fingerprint density at radius 3 is 2.50 bits per heavy atom. The third-order valence-electron chi connectivity index (χ3n) is 4.98. The van der Waals surface area contributed by atoms with E-state index in [2.05, 4.69) is 38.0 Å². The molecule has 2 heterocycles. The predicted octanol–water partition coefficient (Wildman–Crippen LogP) is 3.46. The van der Waals surface area contributed by atoms with Gasteiger partial charge in [-0.3, -0.25) is 4.72 Å². The Morgan fingerprint density at radius 1 is 0.964 bits per heavy atom. The normalized spacial score (nSPS) is 13.9. The summed E-state index contributed by atoms with van der Waals surface area (Å²) < 4.78 is 27.9. The summed E-state index contributed by atoms with van der Waals surface area (Å²) in [4.78, 5) is 2.41. The molecule has 28 heavy (non-hydrogen) atoms. The van der Waals surface area contributed by atoms with Crippen LogP contribution in [0.4, 0.5) is 11.6 Å². The third-order valence-corrected chi connectivity index (χ3v) is 6.47. The summed E-state index contributed by atoms with van der Waals surface area (Å²) in [6.07, 6.45) is 0.957. The minimum atomic E-state index is -3.71. The number of rotatable bonds is 4. The molecule has 0 saturated carbocycles. The van der Waals surface area contributed by atoms with Gasteiger partial charge in [-0.05, 0) is 60.7 Å². The highest BCUT2D eigenvalue weighted by molar-refractivity contribution is 7.92. The van der Waals surface area contributed by atoms with Gasteiger partial charge in [-0.2, -0.15) is 0 Å². The quantitative estimate of drug-likeness (QED) is 0.733. The molecule has 0 radical (unpaired) electrons. The molecule has 0 saturated heterocycles. The van der Waals surface area contributed by atoms with Gasteiger partial charge in [0.05, 0.1) is 4.90 Å². The van der Waals surface area contributed by atoms with E-state index in [9.17, 15) is 8.42 Å². The Bertz CT molecular complexity index is 1110. The molecule has 3 aromatic rings. The lowest BCUT2D eigenvalue weighted by Crippen LogP contribution is -2.31. The summed E-state index contributed by atoms with van der Waals surface area (Å²) in [6, 6.07) is 17.2. The minimum absolute atomic E-state index is 0.210. The number of nitrogens with one attached hydrogen (secondary N) is 1. The highest BCUT2D eigenvalue weighted by atomic mass is 32.2. The Morgan fingerprint density at radius 2 is 1.75 bits per heavy atom. The van der Waals surface area contributed by atoms with Gasteiger partial charge in [-0.1, -0.05) is 36.4 Å². The molecule has 6 nitrogen and oxygen atoms in total. The van der Waals surface area contributed by atoms with Gasteiger partial charge in [-0.25, -0.2) is 8.42 Å². The SMILES string of the molecule is Cc1ccc(C)c(S(=O)(=O)Nc2ccc(N3CCc4ccccc4C3)nn2)c1. The largest absolute Gasteiger partial charge is 0.350 e. The van der Waals surface area contributed by atoms with Crippen molar-refractivity contribution in [2.75, 3.05) is 16.2 Å². The van der Waals surface area contributed by atoms with Gasteiger partial charge in [0.2, 0.25) is 0 Å². The van der Waals surface area contributed by atoms with Gasteiger partial charge < -0.3 is 4.90 Å². The van der Waals surface area contributed by atoms with Gasteiger partial charge >= 0.3 is 0 Å². The first-order valence-corrected chi connectivity index (χ1v) is 10.7. The van der Waals surface area contributed by atoms with Gasteiger partial charge in [0.25, 0.3) is 10.0 Å². The van der Waals surface area contributed by atoms with E-state index in [1.807, 2.05) is 25.1 Å². The highest BCUT2D eigenvalue weighted by Gasteiger charge is 2.20. The maximum absolute atomic E-state index is 12.7. The topological polar surface area (TPSA) is 75.2 Å². The van der Waals surface area contributed by atoms with Crippen LogP contribution in [0.15, 0.2) is 59.5 Å². The van der Waals surface area contributed by atoms with E-state index in [1.54, 1.807) is 25.1 Å². The van der Waals surface area contributed by atoms with Crippen molar-refractivity contribution >= 4 is 21.7 Å². The average molecular weight is 395 g/mol. The lowest BCUT2D eigenvalue weighted by molar-refractivity contribution is 0.600. The molecule has 0 atom stereocenters. The fraction of sp³-hybridized carbons (Fsp3) is 0.238. The van der Waals surface area contributed by atoms with E-state index >= 15 is 0 Å². The second-order valence-corrected chi connectivity index (χ2v) is 8.74. The maximum atomic E-state index is 12.7. The minimum Gasteiger partial charge on any atom is -0.350 e. The van der Waals surface area contributed by atoms with Gasteiger partial charge in [-0.15, -0.1) is 10.2 Å². The summed E-state index contributed by atoms with van der Waals surface area (Å²) in [5.41, 5.74) is 4.23. The first kappa shape index (κ1) is 18.4. The summed E-state index contributed by atoms with van der Waals surface area (Å²) in [5.74, 6) is 0.950. The third kappa shape index (κ3) is 3.71. The number of aromatic nitrogens is 2. The van der Waals surface area contributed by atoms with Crippen LogP contribution in [-0.4, -0.2) is 25.2 Å². The Labute approximate surface area is 165 Å². The zero-order valence-electron chi connectivity index (χ0n) is 15.9. The number of hydrogen-bond donors (Lipinski definition) is 1. The van der Waals surface area contributed by atoms with Crippen LogP contribution < -0.4 is 9.62 Å². The van der Waals surface area contributed by atoms with Crippen LogP contribution in [0.25, 0.3) is 0 Å². The molecule has 0 aliphatic carbocycles. The smallest absolute Gasteiger partial charge is 0.263 e. The number of benzene rings is 2. The van der Waals surface area contributed by atoms with Gasteiger partial charge in [0.1, 0.15) is 0 Å². The van der Waals surface area contributed by atoms with E-state index in [0.29, 0.717) is 5.56 Å². The fourth-order valence-corrected chi connectivity index (χ4v) is 4.76. The molecule has 7 heteroatoms. The molecular formula is C21H22N4O2S. The molecule has 4 rings (SSSR count). The molecule has 0 bridgehead atoms. The van der Waals surface area contributed by atoms with Crippen molar-refractivity contribution in [3.63, 3.8) is 0 Å². The lowest BCUT2D eigenvalue weighted by Gasteiger charge is -2.29. The second-order valence-electron chi connectivity index (χ2n) is 7.09. The molecule has 0 fully saturated rings. The molecule has 144 valence electrons. The predicted molar refractivity (Wildman–Crippen MR) is 110 cm³/mol. The van der Waals surface area contributed by atoms with E-state index in [-0.39, 0.29) is 10.7 Å². The van der Waals surface area contributed by atoms with Crippen LogP contribution in [-0.2, 0) is 23.0 Å². The summed E-state index contributed by atoms with van der Waals surface area (Å²) in [7, 11) is -3.71. The monoisotopic (exact) mass is 394 g/mol. The molecule has 1 aliphatic rings. The van der Waals surface area contributed by atoms with E-state index < -0.39 is 10.0 Å². The van der Waals surface area contributed by atoms with Gasteiger partial charge in [0.15, 0.2) is 11.6 Å². The average Bonchev–Trinajstić information content (AvgIpc) is 2.69. The number of hydrogen-bond acceptors (Lipinski definition) is 5. The molecule has 1 aromatic heterocycles. The summed E-state index contributed by atoms with van der Waals surface area (Å²) in [6.45, 7) is 5.28. The van der Waals surface area contributed by atoms with Crippen molar-refractivity contribution in [3.05, 3.63) is 76.9 Å². The fourth-order valence-electron chi connectivity index (χ4n) is 3.43. The molecule has 0 amide bonds. The Hall–Kier alpha value is -2.93. The maximum Gasteiger partial charge on any atom is 0.263 e. The van der Waals surface area contributed by atoms with Crippen molar-refractivity contribution in [3.8, 4) is 0 Å². The number of sulfonamides is 1. The van der Waals surface area contributed by atoms with Crippen LogP contribution >= 0.6 is 0 Å². The van der Waals surface area contributed by atoms with Crippen LogP contribution in [0.3, 0.4) is 0 Å². The van der Waals surface area contributed by atoms with Crippen molar-refractivity contribution in [2.24, 2.45) is 0 Å². The first-order chi connectivity index (χ1) is 13.4. The summed E-state index contributed by atoms with van der Waals surface area (Å²) in [5, 5.41) is 8.33. The second kappa shape index (κ2) is 7.24. The Balaban J connectivity index is 1.52. The van der Waals surface area contributed by atoms with Crippen LogP contribution in [0, 0.1) is 13.8 Å². The van der Waals surface area contributed by atoms with Crippen LogP contribution in [0.1, 0.15) is 22.3 Å². The number of anilines is 2. The first-order valence-electron chi connectivity index (χ1n) is 9.18. The molecular weight excluding hydrogens is 372 g/mol. The zero-order valence-corrected chi connectivity index (χ0v) is 16.7. The number of nitrogens with zero attached hydrogens (tertiary/aromatic N) is 3. The standard InChI is InChI=1S/C21H22N4O2S/c1-15-7-8-16(2)19(13-15)28(26,27)24-20-9-10-21(23-22-20)25-12-11-17-5-3-4-6-18(17)14-25/h3-10,13H,11-12,14H2,1-2H3,(H,22,24). The molecule has 0 spiro atoms. The van der Waals surface area contributed by atoms with Crippen molar-refractivity contribution in [1.82, 2.24) is 10.2 Å².